The third-order valence-corrected chi connectivity index (χ3v) is 7.19. The predicted octanol–water partition coefficient (Wildman–Crippen LogP) is 5.32. The van der Waals surface area contributed by atoms with Crippen LogP contribution in [0.2, 0.25) is 0 Å². The number of aromatic nitrogens is 2. The SMILES string of the molecule is CCCCOC(=O)C1CCC(C(C)(O)c2ncc(-c3cccc(Br)n3)s2)CC1. The molecular weight excluding hydrogens is 440 g/mol. The van der Waals surface area contributed by atoms with Gasteiger partial charge in [0.1, 0.15) is 15.2 Å². The Morgan fingerprint density at radius 1 is 1.36 bits per heavy atom. The average molecular weight is 467 g/mol. The lowest BCUT2D eigenvalue weighted by atomic mass is 9.74. The van der Waals surface area contributed by atoms with Crippen molar-refractivity contribution in [1.82, 2.24) is 9.97 Å². The van der Waals surface area contributed by atoms with Crippen molar-refractivity contribution in [1.29, 1.82) is 0 Å². The summed E-state index contributed by atoms with van der Waals surface area (Å²) in [6.07, 6.45) is 6.83. The van der Waals surface area contributed by atoms with Crippen LogP contribution in [0.25, 0.3) is 10.6 Å². The van der Waals surface area contributed by atoms with Gasteiger partial charge in [-0.25, -0.2) is 9.97 Å². The lowest BCUT2D eigenvalue weighted by Gasteiger charge is -2.36. The lowest BCUT2D eigenvalue weighted by Crippen LogP contribution is -2.36. The number of aliphatic hydroxyl groups is 1. The molecule has 0 amide bonds. The maximum atomic E-state index is 12.2. The molecule has 1 atom stereocenters. The molecule has 1 fully saturated rings. The molecule has 1 N–H and O–H groups in total. The Morgan fingerprint density at radius 3 is 2.79 bits per heavy atom. The van der Waals surface area contributed by atoms with Crippen molar-refractivity contribution in [3.8, 4) is 10.6 Å². The van der Waals surface area contributed by atoms with Crippen LogP contribution in [-0.4, -0.2) is 27.7 Å². The van der Waals surface area contributed by atoms with E-state index in [1.165, 1.54) is 11.3 Å². The number of ether oxygens (including phenoxy) is 1. The summed E-state index contributed by atoms with van der Waals surface area (Å²) in [5.74, 6) is -0.0351. The van der Waals surface area contributed by atoms with Gasteiger partial charge in [0.05, 0.1) is 23.1 Å². The van der Waals surface area contributed by atoms with Gasteiger partial charge in [0.2, 0.25) is 0 Å². The van der Waals surface area contributed by atoms with Crippen LogP contribution in [0.5, 0.6) is 0 Å². The maximum absolute atomic E-state index is 12.2. The molecule has 0 radical (unpaired) electrons. The Balaban J connectivity index is 1.62. The number of pyridine rings is 1. The fraction of sp³-hybridized carbons (Fsp3) is 0.571. The molecule has 0 aromatic carbocycles. The highest BCUT2D eigenvalue weighted by atomic mass is 79.9. The molecule has 1 aliphatic carbocycles. The number of unbranched alkanes of at least 4 members (excludes halogenated alkanes) is 1. The second-order valence-corrected chi connectivity index (χ2v) is 9.44. The van der Waals surface area contributed by atoms with Crippen LogP contribution in [-0.2, 0) is 15.1 Å². The molecule has 0 spiro atoms. The minimum atomic E-state index is -1.01. The highest BCUT2D eigenvalue weighted by Gasteiger charge is 2.40. The standard InChI is InChI=1S/C21H27BrN2O3S/c1-3-4-12-27-19(25)14-8-10-15(11-9-14)21(2,26)20-23-13-17(28-20)16-6-5-7-18(22)24-16/h5-7,13-15,26H,3-4,8-12H2,1-2H3. The molecule has 7 heteroatoms. The van der Waals surface area contributed by atoms with Crippen molar-refractivity contribution in [2.24, 2.45) is 11.8 Å². The van der Waals surface area contributed by atoms with E-state index in [9.17, 15) is 9.90 Å². The summed E-state index contributed by atoms with van der Waals surface area (Å²) >= 11 is 4.87. The van der Waals surface area contributed by atoms with Crippen molar-refractivity contribution in [2.45, 2.75) is 58.0 Å². The Hall–Kier alpha value is -1.31. The van der Waals surface area contributed by atoms with Gasteiger partial charge < -0.3 is 9.84 Å². The van der Waals surface area contributed by atoms with E-state index in [1.54, 1.807) is 6.20 Å². The largest absolute Gasteiger partial charge is 0.465 e. The summed E-state index contributed by atoms with van der Waals surface area (Å²) < 4.78 is 6.14. The molecule has 1 saturated carbocycles. The first-order valence-corrected chi connectivity index (χ1v) is 11.5. The van der Waals surface area contributed by atoms with Crippen LogP contribution in [0.15, 0.2) is 29.0 Å². The van der Waals surface area contributed by atoms with Crippen molar-refractivity contribution >= 4 is 33.2 Å². The molecule has 0 saturated heterocycles. The quantitative estimate of drug-likeness (QED) is 0.339. The summed E-state index contributed by atoms with van der Waals surface area (Å²) in [4.78, 5) is 22.1. The molecule has 0 aliphatic heterocycles. The van der Waals surface area contributed by atoms with Crippen LogP contribution < -0.4 is 0 Å². The molecule has 152 valence electrons. The highest BCUT2D eigenvalue weighted by Crippen LogP contribution is 2.43. The lowest BCUT2D eigenvalue weighted by molar-refractivity contribution is -0.151. The first kappa shape index (κ1) is 21.4. The number of thiazole rings is 1. The van der Waals surface area contributed by atoms with E-state index >= 15 is 0 Å². The van der Waals surface area contributed by atoms with E-state index in [1.807, 2.05) is 25.1 Å². The average Bonchev–Trinajstić information content (AvgIpc) is 3.19. The van der Waals surface area contributed by atoms with Crippen LogP contribution in [0.4, 0.5) is 0 Å². The van der Waals surface area contributed by atoms with Crippen molar-refractivity contribution in [3.05, 3.63) is 34.0 Å². The summed E-state index contributed by atoms with van der Waals surface area (Å²) in [5, 5.41) is 11.9. The van der Waals surface area contributed by atoms with E-state index in [2.05, 4.69) is 32.8 Å². The third-order valence-electron chi connectivity index (χ3n) is 5.50. The Labute approximate surface area is 178 Å². The number of nitrogens with zero attached hydrogens (tertiary/aromatic N) is 2. The molecule has 2 heterocycles. The fourth-order valence-corrected chi connectivity index (χ4v) is 5.03. The molecule has 0 bridgehead atoms. The van der Waals surface area contributed by atoms with Crippen LogP contribution in [0, 0.1) is 11.8 Å². The minimum absolute atomic E-state index is 0.0402. The summed E-state index contributed by atoms with van der Waals surface area (Å²) in [6, 6.07) is 5.75. The van der Waals surface area contributed by atoms with Crippen LogP contribution in [0.3, 0.4) is 0 Å². The first-order chi connectivity index (χ1) is 13.4. The highest BCUT2D eigenvalue weighted by molar-refractivity contribution is 9.10. The van der Waals surface area contributed by atoms with Gasteiger partial charge in [0, 0.05) is 6.20 Å². The normalized spacial score (nSPS) is 21.9. The van der Waals surface area contributed by atoms with E-state index < -0.39 is 5.60 Å². The molecule has 1 aliphatic rings. The fourth-order valence-electron chi connectivity index (χ4n) is 3.67. The Morgan fingerprint density at radius 2 is 2.11 bits per heavy atom. The third kappa shape index (κ3) is 4.99. The number of carbonyl (C=O) groups excluding carboxylic acids is 1. The monoisotopic (exact) mass is 466 g/mol. The van der Waals surface area contributed by atoms with Crippen molar-refractivity contribution < 1.29 is 14.6 Å². The summed E-state index contributed by atoms with van der Waals surface area (Å²) in [5.41, 5.74) is -0.168. The van der Waals surface area contributed by atoms with Crippen LogP contribution in [0.1, 0.15) is 57.4 Å². The second-order valence-electron chi connectivity index (χ2n) is 7.59. The molecule has 1 unspecified atom stereocenters. The van der Waals surface area contributed by atoms with E-state index in [0.29, 0.717) is 11.6 Å². The van der Waals surface area contributed by atoms with Crippen molar-refractivity contribution in [3.63, 3.8) is 0 Å². The molecule has 2 aromatic heterocycles. The topological polar surface area (TPSA) is 72.3 Å². The predicted molar refractivity (Wildman–Crippen MR) is 114 cm³/mol. The van der Waals surface area contributed by atoms with Gasteiger partial charge in [-0.15, -0.1) is 11.3 Å². The van der Waals surface area contributed by atoms with Gasteiger partial charge in [-0.1, -0.05) is 19.4 Å². The van der Waals surface area contributed by atoms with Crippen LogP contribution >= 0.6 is 27.3 Å². The smallest absolute Gasteiger partial charge is 0.308 e. The van der Waals surface area contributed by atoms with E-state index in [0.717, 1.165) is 53.7 Å². The second kappa shape index (κ2) is 9.46. The molecule has 3 rings (SSSR count). The maximum Gasteiger partial charge on any atom is 0.308 e. The van der Waals surface area contributed by atoms with E-state index in [-0.39, 0.29) is 17.8 Å². The number of halogens is 1. The zero-order valence-electron chi connectivity index (χ0n) is 16.4. The molecule has 5 nitrogen and oxygen atoms in total. The zero-order valence-corrected chi connectivity index (χ0v) is 18.8. The number of esters is 1. The van der Waals surface area contributed by atoms with Gasteiger partial charge in [-0.3, -0.25) is 4.79 Å². The van der Waals surface area contributed by atoms with Gasteiger partial charge in [-0.05, 0) is 73.0 Å². The van der Waals surface area contributed by atoms with Gasteiger partial charge in [0.15, 0.2) is 0 Å². The molecule has 28 heavy (non-hydrogen) atoms. The number of hydrogen-bond donors (Lipinski definition) is 1. The van der Waals surface area contributed by atoms with Crippen molar-refractivity contribution in [2.75, 3.05) is 6.61 Å². The molecule has 2 aromatic rings. The van der Waals surface area contributed by atoms with Gasteiger partial charge in [-0.2, -0.15) is 0 Å². The summed E-state index contributed by atoms with van der Waals surface area (Å²) in [6.45, 7) is 4.44. The number of hydrogen-bond acceptors (Lipinski definition) is 6. The number of carbonyl (C=O) groups is 1. The molecular formula is C21H27BrN2O3S. The Kier molecular flexibility index (Phi) is 7.23. The summed E-state index contributed by atoms with van der Waals surface area (Å²) in [7, 11) is 0. The zero-order chi connectivity index (χ0) is 20.1. The van der Waals surface area contributed by atoms with E-state index in [4.69, 9.17) is 4.74 Å². The Bertz CT molecular complexity index is 800. The van der Waals surface area contributed by atoms with Gasteiger partial charge >= 0.3 is 5.97 Å². The van der Waals surface area contributed by atoms with Gasteiger partial charge in [0.25, 0.3) is 0 Å². The first-order valence-electron chi connectivity index (χ1n) is 9.90. The minimum Gasteiger partial charge on any atom is -0.465 e. The number of rotatable bonds is 7.